The molecule has 0 bridgehead atoms. The van der Waals surface area contributed by atoms with Crippen LogP contribution in [0.2, 0.25) is 0 Å². The molecule has 2 heterocycles. The number of nitrogens with zero attached hydrogens (tertiary/aromatic N) is 1. The number of nitrogens with one attached hydrogen (secondary N) is 1. The maximum absolute atomic E-state index is 12.4. The van der Waals surface area contributed by atoms with Gasteiger partial charge in [0, 0.05) is 13.1 Å². The normalized spacial score (nSPS) is 37.6. The van der Waals surface area contributed by atoms with Crippen molar-refractivity contribution < 1.29 is 9.90 Å². The van der Waals surface area contributed by atoms with E-state index in [2.05, 4.69) is 12.2 Å². The SMILES string of the molecule is CCC1CCNC(C(=O)N2CCC(O)C(C)C2)C1. The number of aliphatic hydroxyl groups excluding tert-OH is 1. The Labute approximate surface area is 110 Å². The first-order chi connectivity index (χ1) is 8.61. The second kappa shape index (κ2) is 6.02. The first kappa shape index (κ1) is 13.8. The van der Waals surface area contributed by atoms with E-state index in [1.54, 1.807) is 0 Å². The van der Waals surface area contributed by atoms with Crippen LogP contribution in [0.4, 0.5) is 0 Å². The van der Waals surface area contributed by atoms with Crippen LogP contribution in [0.5, 0.6) is 0 Å². The quantitative estimate of drug-likeness (QED) is 0.773. The molecule has 104 valence electrons. The highest BCUT2D eigenvalue weighted by Gasteiger charge is 2.33. The molecule has 4 atom stereocenters. The minimum atomic E-state index is -0.239. The average molecular weight is 254 g/mol. The van der Waals surface area contributed by atoms with E-state index in [9.17, 15) is 9.90 Å². The van der Waals surface area contributed by atoms with E-state index >= 15 is 0 Å². The van der Waals surface area contributed by atoms with E-state index in [1.807, 2.05) is 11.8 Å². The summed E-state index contributed by atoms with van der Waals surface area (Å²) in [5, 5.41) is 13.1. The molecule has 18 heavy (non-hydrogen) atoms. The van der Waals surface area contributed by atoms with Crippen molar-refractivity contribution in [3.8, 4) is 0 Å². The summed E-state index contributed by atoms with van der Waals surface area (Å²) in [7, 11) is 0. The Balaban J connectivity index is 1.90. The Kier molecular flexibility index (Phi) is 4.62. The van der Waals surface area contributed by atoms with Gasteiger partial charge in [-0.3, -0.25) is 4.79 Å². The van der Waals surface area contributed by atoms with Crippen molar-refractivity contribution in [2.75, 3.05) is 19.6 Å². The Morgan fingerprint density at radius 3 is 2.89 bits per heavy atom. The van der Waals surface area contributed by atoms with Gasteiger partial charge >= 0.3 is 0 Å². The molecule has 1 amide bonds. The van der Waals surface area contributed by atoms with Gasteiger partial charge in [-0.15, -0.1) is 0 Å². The Hall–Kier alpha value is -0.610. The zero-order chi connectivity index (χ0) is 13.1. The van der Waals surface area contributed by atoms with Crippen molar-refractivity contribution in [2.24, 2.45) is 11.8 Å². The Morgan fingerprint density at radius 1 is 1.44 bits per heavy atom. The third kappa shape index (κ3) is 3.04. The predicted molar refractivity (Wildman–Crippen MR) is 71.2 cm³/mol. The first-order valence-corrected chi connectivity index (χ1v) is 7.32. The maximum atomic E-state index is 12.4. The van der Waals surface area contributed by atoms with Gasteiger partial charge in [0.05, 0.1) is 12.1 Å². The standard InChI is InChI=1S/C14H26N2O2/c1-3-11-4-6-15-12(8-11)14(18)16-7-5-13(17)10(2)9-16/h10-13,15,17H,3-9H2,1-2H3. The zero-order valence-electron chi connectivity index (χ0n) is 11.6. The summed E-state index contributed by atoms with van der Waals surface area (Å²) >= 11 is 0. The third-order valence-corrected chi connectivity index (χ3v) is 4.56. The molecule has 0 radical (unpaired) electrons. The van der Waals surface area contributed by atoms with Crippen LogP contribution in [-0.4, -0.2) is 47.7 Å². The van der Waals surface area contributed by atoms with Crippen molar-refractivity contribution in [3.05, 3.63) is 0 Å². The van der Waals surface area contributed by atoms with Gasteiger partial charge in [0.25, 0.3) is 0 Å². The molecule has 2 aliphatic rings. The van der Waals surface area contributed by atoms with E-state index in [-0.39, 0.29) is 24.0 Å². The van der Waals surface area contributed by atoms with Crippen LogP contribution >= 0.6 is 0 Å². The van der Waals surface area contributed by atoms with Gasteiger partial charge in [0.1, 0.15) is 0 Å². The van der Waals surface area contributed by atoms with Gasteiger partial charge in [-0.25, -0.2) is 0 Å². The minimum absolute atomic E-state index is 0.00569. The number of likely N-dealkylation sites (tertiary alicyclic amines) is 1. The van der Waals surface area contributed by atoms with Gasteiger partial charge in [-0.1, -0.05) is 20.3 Å². The summed E-state index contributed by atoms with van der Waals surface area (Å²) in [6, 6.07) is 0.00569. The van der Waals surface area contributed by atoms with Crippen molar-refractivity contribution in [1.82, 2.24) is 10.2 Å². The third-order valence-electron chi connectivity index (χ3n) is 4.56. The summed E-state index contributed by atoms with van der Waals surface area (Å²) in [5.41, 5.74) is 0. The van der Waals surface area contributed by atoms with Crippen LogP contribution in [0.3, 0.4) is 0 Å². The number of hydrogen-bond acceptors (Lipinski definition) is 3. The molecular formula is C14H26N2O2. The lowest BCUT2D eigenvalue weighted by atomic mass is 9.89. The number of rotatable bonds is 2. The van der Waals surface area contributed by atoms with E-state index < -0.39 is 0 Å². The molecule has 0 saturated carbocycles. The number of carbonyl (C=O) groups excluding carboxylic acids is 1. The molecule has 4 heteroatoms. The lowest BCUT2D eigenvalue weighted by Gasteiger charge is -2.38. The number of amides is 1. The fourth-order valence-corrected chi connectivity index (χ4v) is 3.11. The van der Waals surface area contributed by atoms with Crippen molar-refractivity contribution in [2.45, 2.75) is 51.7 Å². The predicted octanol–water partition coefficient (Wildman–Crippen LogP) is 0.994. The van der Waals surface area contributed by atoms with Crippen LogP contribution < -0.4 is 5.32 Å². The number of hydrogen-bond donors (Lipinski definition) is 2. The van der Waals surface area contributed by atoms with E-state index in [0.717, 1.165) is 19.4 Å². The molecule has 4 unspecified atom stereocenters. The van der Waals surface area contributed by atoms with Crippen LogP contribution in [0.15, 0.2) is 0 Å². The summed E-state index contributed by atoms with van der Waals surface area (Å²) in [5.74, 6) is 1.13. The van der Waals surface area contributed by atoms with E-state index in [0.29, 0.717) is 19.0 Å². The van der Waals surface area contributed by atoms with Crippen LogP contribution in [0, 0.1) is 11.8 Å². The Morgan fingerprint density at radius 2 is 2.22 bits per heavy atom. The van der Waals surface area contributed by atoms with Crippen LogP contribution in [0.1, 0.15) is 39.5 Å². The molecule has 0 aromatic rings. The summed E-state index contributed by atoms with van der Waals surface area (Å²) < 4.78 is 0. The lowest BCUT2D eigenvalue weighted by molar-refractivity contribution is -0.138. The summed E-state index contributed by atoms with van der Waals surface area (Å²) in [4.78, 5) is 14.4. The van der Waals surface area contributed by atoms with Gasteiger partial charge in [-0.05, 0) is 37.6 Å². The second-order valence-electron chi connectivity index (χ2n) is 5.92. The second-order valence-corrected chi connectivity index (χ2v) is 5.92. The molecule has 2 rings (SSSR count). The van der Waals surface area contributed by atoms with Gasteiger partial charge in [0.2, 0.25) is 5.91 Å². The summed E-state index contributed by atoms with van der Waals surface area (Å²) in [6.45, 7) is 6.60. The highest BCUT2D eigenvalue weighted by molar-refractivity contribution is 5.82. The van der Waals surface area contributed by atoms with E-state index in [4.69, 9.17) is 0 Å². The van der Waals surface area contributed by atoms with E-state index in [1.165, 1.54) is 12.8 Å². The van der Waals surface area contributed by atoms with Gasteiger partial charge in [0.15, 0.2) is 0 Å². The number of aliphatic hydroxyl groups is 1. The monoisotopic (exact) mass is 254 g/mol. The lowest BCUT2D eigenvalue weighted by Crippen LogP contribution is -2.54. The fourth-order valence-electron chi connectivity index (χ4n) is 3.11. The highest BCUT2D eigenvalue weighted by atomic mass is 16.3. The fraction of sp³-hybridized carbons (Fsp3) is 0.929. The maximum Gasteiger partial charge on any atom is 0.239 e. The Bertz CT molecular complexity index is 288. The number of piperidine rings is 2. The van der Waals surface area contributed by atoms with Crippen molar-refractivity contribution in [3.63, 3.8) is 0 Å². The average Bonchev–Trinajstić information content (AvgIpc) is 2.41. The summed E-state index contributed by atoms with van der Waals surface area (Å²) in [6.07, 6.45) is 3.81. The molecule has 4 nitrogen and oxygen atoms in total. The molecule has 0 aromatic heterocycles. The largest absolute Gasteiger partial charge is 0.393 e. The molecule has 2 saturated heterocycles. The minimum Gasteiger partial charge on any atom is -0.393 e. The molecule has 0 aromatic carbocycles. The van der Waals surface area contributed by atoms with Gasteiger partial charge in [-0.2, -0.15) is 0 Å². The topological polar surface area (TPSA) is 52.6 Å². The smallest absolute Gasteiger partial charge is 0.239 e. The van der Waals surface area contributed by atoms with Gasteiger partial charge < -0.3 is 15.3 Å². The molecule has 2 N–H and O–H groups in total. The van der Waals surface area contributed by atoms with Crippen molar-refractivity contribution in [1.29, 1.82) is 0 Å². The molecule has 2 aliphatic heterocycles. The zero-order valence-corrected chi connectivity index (χ0v) is 11.6. The van der Waals surface area contributed by atoms with Crippen molar-refractivity contribution >= 4 is 5.91 Å². The number of carbonyl (C=O) groups is 1. The molecular weight excluding hydrogens is 228 g/mol. The molecule has 2 fully saturated rings. The van der Waals surface area contributed by atoms with Crippen LogP contribution in [-0.2, 0) is 4.79 Å². The first-order valence-electron chi connectivity index (χ1n) is 7.32. The molecule has 0 aliphatic carbocycles. The molecule has 0 spiro atoms. The van der Waals surface area contributed by atoms with Crippen LogP contribution in [0.25, 0.3) is 0 Å². The highest BCUT2D eigenvalue weighted by Crippen LogP contribution is 2.23.